The second-order valence-electron chi connectivity index (χ2n) is 7.73. The largest absolute Gasteiger partial charge is 0.487 e. The number of rotatable bonds is 7. The van der Waals surface area contributed by atoms with Gasteiger partial charge in [0.1, 0.15) is 11.9 Å². The van der Waals surface area contributed by atoms with Gasteiger partial charge in [-0.15, -0.1) is 0 Å². The van der Waals surface area contributed by atoms with Crippen LogP contribution in [0.25, 0.3) is 0 Å². The minimum absolute atomic E-state index is 0.0322. The maximum atomic E-state index is 12.4. The summed E-state index contributed by atoms with van der Waals surface area (Å²) in [6.45, 7) is 10.8. The lowest BCUT2D eigenvalue weighted by Gasteiger charge is -2.40. The monoisotopic (exact) mass is 374 g/mol. The molecule has 6 nitrogen and oxygen atoms in total. The van der Waals surface area contributed by atoms with Crippen LogP contribution in [-0.4, -0.2) is 85.7 Å². The number of hydrogen-bond donors (Lipinski definition) is 1. The smallest absolute Gasteiger partial charge is 0.317 e. The van der Waals surface area contributed by atoms with Gasteiger partial charge in [-0.3, -0.25) is 4.90 Å². The van der Waals surface area contributed by atoms with Crippen molar-refractivity contribution in [3.63, 3.8) is 0 Å². The molecular formula is C21H34N4O2. The first kappa shape index (κ1) is 20.0. The second kappa shape index (κ2) is 9.42. The minimum Gasteiger partial charge on any atom is -0.487 e. The number of hydrogen-bond acceptors (Lipinski definition) is 4. The van der Waals surface area contributed by atoms with Crippen LogP contribution in [0.15, 0.2) is 24.3 Å². The number of carbonyl (C=O) groups excluding carboxylic acids is 1. The zero-order valence-electron chi connectivity index (χ0n) is 17.0. The molecule has 0 bridgehead atoms. The van der Waals surface area contributed by atoms with Gasteiger partial charge in [0.2, 0.25) is 0 Å². The summed E-state index contributed by atoms with van der Waals surface area (Å²) in [4.78, 5) is 19.1. The summed E-state index contributed by atoms with van der Waals surface area (Å²) in [5.74, 6) is 0.903. The molecule has 1 aromatic carbocycles. The number of aryl methyl sites for hydroxylation is 1. The van der Waals surface area contributed by atoms with E-state index in [1.165, 1.54) is 5.56 Å². The van der Waals surface area contributed by atoms with Gasteiger partial charge in [-0.1, -0.05) is 26.0 Å². The van der Waals surface area contributed by atoms with Crippen LogP contribution < -0.4 is 10.1 Å². The Hall–Kier alpha value is -1.79. The summed E-state index contributed by atoms with van der Waals surface area (Å²) in [6.07, 6.45) is 2.16. The van der Waals surface area contributed by atoms with Crippen molar-refractivity contribution in [3.8, 4) is 5.75 Å². The van der Waals surface area contributed by atoms with Crippen LogP contribution in [-0.2, 0) is 6.42 Å². The predicted molar refractivity (Wildman–Crippen MR) is 108 cm³/mol. The third-order valence-corrected chi connectivity index (χ3v) is 5.76. The van der Waals surface area contributed by atoms with Gasteiger partial charge >= 0.3 is 6.03 Å². The van der Waals surface area contributed by atoms with Crippen molar-refractivity contribution >= 4 is 6.03 Å². The highest BCUT2D eigenvalue weighted by molar-refractivity contribution is 5.75. The molecule has 2 saturated heterocycles. The molecule has 150 valence electrons. The Morgan fingerprint density at radius 2 is 1.96 bits per heavy atom. The standard InChI is InChI=1S/C21H34N4O2/c1-4-17-7-6-8-19(13-17)27-20-15-25(16-20)21(26)22-14-18(5-2)24-11-9-23(3)10-12-24/h6-8,13,18,20H,4-5,9-12,14-16H2,1-3H3,(H,22,26). The Kier molecular flexibility index (Phi) is 6.96. The molecule has 1 aromatic rings. The molecule has 1 N–H and O–H groups in total. The number of likely N-dealkylation sites (tertiary alicyclic amines) is 1. The Morgan fingerprint density at radius 1 is 1.22 bits per heavy atom. The Balaban J connectivity index is 1.38. The fourth-order valence-corrected chi connectivity index (χ4v) is 3.75. The number of ether oxygens (including phenoxy) is 1. The van der Waals surface area contributed by atoms with Crippen LogP contribution in [0, 0.1) is 0 Å². The third kappa shape index (κ3) is 5.36. The van der Waals surface area contributed by atoms with Gasteiger partial charge in [-0.2, -0.15) is 0 Å². The molecule has 2 aliphatic rings. The van der Waals surface area contributed by atoms with E-state index < -0.39 is 0 Å². The Morgan fingerprint density at radius 3 is 2.63 bits per heavy atom. The molecule has 2 aliphatic heterocycles. The molecular weight excluding hydrogens is 340 g/mol. The number of piperazine rings is 1. The third-order valence-electron chi connectivity index (χ3n) is 5.76. The van der Waals surface area contributed by atoms with Crippen LogP contribution >= 0.6 is 0 Å². The van der Waals surface area contributed by atoms with Gasteiger partial charge in [0.05, 0.1) is 13.1 Å². The number of likely N-dealkylation sites (N-methyl/N-ethyl adjacent to an activating group) is 1. The summed E-state index contributed by atoms with van der Waals surface area (Å²) < 4.78 is 5.99. The molecule has 0 saturated carbocycles. The highest BCUT2D eigenvalue weighted by Crippen LogP contribution is 2.20. The van der Waals surface area contributed by atoms with Crippen molar-refractivity contribution in [2.24, 2.45) is 0 Å². The van der Waals surface area contributed by atoms with E-state index >= 15 is 0 Å². The van der Waals surface area contributed by atoms with E-state index in [0.717, 1.165) is 51.3 Å². The highest BCUT2D eigenvalue weighted by Gasteiger charge is 2.32. The molecule has 0 radical (unpaired) electrons. The maximum absolute atomic E-state index is 12.4. The highest BCUT2D eigenvalue weighted by atomic mass is 16.5. The number of nitrogens with zero attached hydrogens (tertiary/aromatic N) is 3. The minimum atomic E-state index is 0.0322. The molecule has 0 aliphatic carbocycles. The van der Waals surface area contributed by atoms with Gasteiger partial charge in [-0.05, 0) is 37.6 Å². The summed E-state index contributed by atoms with van der Waals surface area (Å²) in [6, 6.07) is 8.67. The van der Waals surface area contributed by atoms with Crippen molar-refractivity contribution in [2.45, 2.75) is 38.8 Å². The Bertz CT molecular complexity index is 610. The molecule has 1 unspecified atom stereocenters. The average molecular weight is 375 g/mol. The fourth-order valence-electron chi connectivity index (χ4n) is 3.75. The van der Waals surface area contributed by atoms with Crippen molar-refractivity contribution in [3.05, 3.63) is 29.8 Å². The summed E-state index contributed by atoms with van der Waals surface area (Å²) in [5, 5.41) is 3.12. The molecule has 2 amide bonds. The Labute approximate surface area is 163 Å². The van der Waals surface area contributed by atoms with Gasteiger partial charge in [0.25, 0.3) is 0 Å². The van der Waals surface area contributed by atoms with Crippen molar-refractivity contribution in [1.82, 2.24) is 20.0 Å². The molecule has 1 atom stereocenters. The molecule has 27 heavy (non-hydrogen) atoms. The van der Waals surface area contributed by atoms with Crippen LogP contribution in [0.5, 0.6) is 5.75 Å². The van der Waals surface area contributed by atoms with Gasteiger partial charge in [-0.25, -0.2) is 4.79 Å². The lowest BCUT2D eigenvalue weighted by Crippen LogP contribution is -2.60. The van der Waals surface area contributed by atoms with Crippen molar-refractivity contribution < 1.29 is 9.53 Å². The zero-order chi connectivity index (χ0) is 19.2. The van der Waals surface area contributed by atoms with Crippen LogP contribution in [0.4, 0.5) is 4.79 Å². The lowest BCUT2D eigenvalue weighted by molar-refractivity contribution is 0.0429. The summed E-state index contributed by atoms with van der Waals surface area (Å²) in [5.41, 5.74) is 1.27. The molecule has 2 heterocycles. The predicted octanol–water partition coefficient (Wildman–Crippen LogP) is 2.05. The lowest BCUT2D eigenvalue weighted by atomic mass is 10.1. The average Bonchev–Trinajstić information content (AvgIpc) is 2.66. The maximum Gasteiger partial charge on any atom is 0.317 e. The SMILES string of the molecule is CCc1cccc(OC2CN(C(=O)NCC(CC)N3CCN(C)CC3)C2)c1. The van der Waals surface area contributed by atoms with E-state index in [2.05, 4.69) is 48.1 Å². The quantitative estimate of drug-likeness (QED) is 0.794. The van der Waals surface area contributed by atoms with Crippen LogP contribution in [0.1, 0.15) is 25.8 Å². The van der Waals surface area contributed by atoms with E-state index in [1.807, 2.05) is 17.0 Å². The molecule has 0 spiro atoms. The van der Waals surface area contributed by atoms with Gasteiger partial charge < -0.3 is 19.9 Å². The van der Waals surface area contributed by atoms with E-state index in [9.17, 15) is 4.79 Å². The fraction of sp³-hybridized carbons (Fsp3) is 0.667. The van der Waals surface area contributed by atoms with E-state index in [-0.39, 0.29) is 12.1 Å². The first-order valence-electron chi connectivity index (χ1n) is 10.3. The second-order valence-corrected chi connectivity index (χ2v) is 7.73. The van der Waals surface area contributed by atoms with Crippen molar-refractivity contribution in [2.75, 3.05) is 52.9 Å². The number of benzene rings is 1. The number of carbonyl (C=O) groups is 1. The van der Waals surface area contributed by atoms with E-state index in [0.29, 0.717) is 19.1 Å². The number of urea groups is 1. The zero-order valence-corrected chi connectivity index (χ0v) is 17.0. The van der Waals surface area contributed by atoms with Gasteiger partial charge in [0.15, 0.2) is 0 Å². The molecule has 3 rings (SSSR count). The normalized spacial score (nSPS) is 20.2. The first-order chi connectivity index (χ1) is 13.1. The molecule has 0 aromatic heterocycles. The van der Waals surface area contributed by atoms with Crippen LogP contribution in [0.3, 0.4) is 0 Å². The summed E-state index contributed by atoms with van der Waals surface area (Å²) >= 11 is 0. The molecule has 2 fully saturated rings. The van der Waals surface area contributed by atoms with Crippen LogP contribution in [0.2, 0.25) is 0 Å². The van der Waals surface area contributed by atoms with Gasteiger partial charge in [0, 0.05) is 38.8 Å². The van der Waals surface area contributed by atoms with E-state index in [1.54, 1.807) is 0 Å². The van der Waals surface area contributed by atoms with E-state index in [4.69, 9.17) is 4.74 Å². The number of nitrogens with one attached hydrogen (secondary N) is 1. The van der Waals surface area contributed by atoms with Crippen molar-refractivity contribution in [1.29, 1.82) is 0 Å². The summed E-state index contributed by atoms with van der Waals surface area (Å²) in [7, 11) is 2.17. The number of amides is 2. The first-order valence-corrected chi connectivity index (χ1v) is 10.3. The topological polar surface area (TPSA) is 48.1 Å². The molecule has 6 heteroatoms.